The molecular formula is C35H27Cl2N3O4. The van der Waals surface area contributed by atoms with Gasteiger partial charge in [0, 0.05) is 24.7 Å². The highest BCUT2D eigenvalue weighted by Gasteiger charge is 2.73. The Kier molecular flexibility index (Phi) is 6.64. The average Bonchev–Trinajstić information content (AvgIpc) is 3.30. The van der Waals surface area contributed by atoms with Crippen molar-refractivity contribution in [3.05, 3.63) is 131 Å². The highest BCUT2D eigenvalue weighted by atomic mass is 35.5. The Morgan fingerprint density at radius 1 is 0.682 bits per heavy atom. The zero-order chi connectivity index (χ0) is 30.8. The summed E-state index contributed by atoms with van der Waals surface area (Å²) >= 11 is 15.2. The summed E-state index contributed by atoms with van der Waals surface area (Å²) in [5.74, 6) is -3.83. The summed E-state index contributed by atoms with van der Waals surface area (Å²) in [5.41, 5.74) is 4.58. The van der Waals surface area contributed by atoms with Crippen molar-refractivity contribution in [2.45, 2.75) is 29.1 Å². The third-order valence-corrected chi connectivity index (χ3v) is 10.3. The van der Waals surface area contributed by atoms with Crippen molar-refractivity contribution >= 4 is 58.2 Å². The molecule has 8 rings (SSSR count). The van der Waals surface area contributed by atoms with Crippen molar-refractivity contribution in [1.82, 2.24) is 4.90 Å². The number of hydrogen-bond acceptors (Lipinski definition) is 4. The number of alkyl halides is 2. The van der Waals surface area contributed by atoms with E-state index in [-0.39, 0.29) is 12.3 Å². The molecule has 9 heteroatoms. The average molecular weight is 625 g/mol. The molecule has 0 saturated carbocycles. The van der Waals surface area contributed by atoms with E-state index < -0.39 is 45.3 Å². The maximum atomic E-state index is 14.6. The summed E-state index contributed by atoms with van der Waals surface area (Å²) in [6, 6.07) is 29.5. The SMILES string of the molecule is CC(=O)Nc1ccc(NC(=O)[C@H](Cc2ccccc2)N2C(=O)[C@@H]3[C@H](C2=O)C2(Cl)c4ccccc4C3(Cl)c3ccccc32)cc1. The Morgan fingerprint density at radius 3 is 1.52 bits per heavy atom. The van der Waals surface area contributed by atoms with Crippen molar-refractivity contribution in [3.8, 4) is 0 Å². The van der Waals surface area contributed by atoms with E-state index in [9.17, 15) is 19.2 Å². The smallest absolute Gasteiger partial charge is 0.248 e. The lowest BCUT2D eigenvalue weighted by Gasteiger charge is -2.54. The van der Waals surface area contributed by atoms with E-state index in [0.717, 1.165) is 10.5 Å². The van der Waals surface area contributed by atoms with Gasteiger partial charge in [-0.3, -0.25) is 24.1 Å². The van der Waals surface area contributed by atoms with E-state index in [1.54, 1.807) is 24.3 Å². The molecule has 1 heterocycles. The molecule has 2 bridgehead atoms. The Labute approximate surface area is 264 Å². The highest BCUT2D eigenvalue weighted by Crippen LogP contribution is 2.69. The van der Waals surface area contributed by atoms with Crippen LogP contribution in [-0.4, -0.2) is 34.6 Å². The van der Waals surface area contributed by atoms with Crippen molar-refractivity contribution in [2.24, 2.45) is 11.8 Å². The Morgan fingerprint density at radius 2 is 1.09 bits per heavy atom. The van der Waals surface area contributed by atoms with Gasteiger partial charge in [-0.05, 0) is 52.1 Å². The minimum Gasteiger partial charge on any atom is -0.326 e. The van der Waals surface area contributed by atoms with Gasteiger partial charge in [0.1, 0.15) is 15.8 Å². The number of nitrogens with one attached hydrogen (secondary N) is 2. The molecule has 220 valence electrons. The Bertz CT molecular complexity index is 1720. The van der Waals surface area contributed by atoms with Crippen LogP contribution < -0.4 is 10.6 Å². The second-order valence-corrected chi connectivity index (χ2v) is 12.7. The fraction of sp³-hybridized carbons (Fsp3) is 0.200. The molecule has 1 aliphatic heterocycles. The van der Waals surface area contributed by atoms with Crippen LogP contribution in [0.4, 0.5) is 11.4 Å². The summed E-state index contributed by atoms with van der Waals surface area (Å²) in [7, 11) is 0. The number of amides is 4. The summed E-state index contributed by atoms with van der Waals surface area (Å²) in [6.07, 6.45) is 0.0953. The summed E-state index contributed by atoms with van der Waals surface area (Å²) in [5, 5.41) is 5.56. The number of benzene rings is 4. The van der Waals surface area contributed by atoms with Crippen LogP contribution in [0.3, 0.4) is 0 Å². The van der Waals surface area contributed by atoms with Gasteiger partial charge >= 0.3 is 0 Å². The molecule has 2 N–H and O–H groups in total. The molecule has 3 atom stereocenters. The van der Waals surface area contributed by atoms with E-state index in [1.807, 2.05) is 78.9 Å². The molecule has 0 radical (unpaired) electrons. The quantitative estimate of drug-likeness (QED) is 0.210. The molecule has 1 saturated heterocycles. The second-order valence-electron chi connectivity index (χ2n) is 11.5. The molecule has 3 aliphatic carbocycles. The van der Waals surface area contributed by atoms with Crippen LogP contribution in [0.2, 0.25) is 0 Å². The lowest BCUT2D eigenvalue weighted by Crippen LogP contribution is -2.57. The molecule has 4 aromatic carbocycles. The molecule has 7 nitrogen and oxygen atoms in total. The number of nitrogens with zero attached hydrogens (tertiary/aromatic N) is 1. The van der Waals surface area contributed by atoms with Crippen molar-refractivity contribution in [1.29, 1.82) is 0 Å². The van der Waals surface area contributed by atoms with Crippen LogP contribution in [-0.2, 0) is 35.3 Å². The number of likely N-dealkylation sites (tertiary alicyclic amines) is 1. The zero-order valence-corrected chi connectivity index (χ0v) is 25.1. The number of imide groups is 1. The van der Waals surface area contributed by atoms with Gasteiger partial charge in [-0.2, -0.15) is 0 Å². The van der Waals surface area contributed by atoms with E-state index in [2.05, 4.69) is 10.6 Å². The third-order valence-electron chi connectivity index (χ3n) is 8.98. The van der Waals surface area contributed by atoms with E-state index in [0.29, 0.717) is 33.6 Å². The van der Waals surface area contributed by atoms with Crippen LogP contribution in [0, 0.1) is 11.8 Å². The Balaban J connectivity index is 1.31. The largest absolute Gasteiger partial charge is 0.326 e. The van der Waals surface area contributed by atoms with Gasteiger partial charge in [0.15, 0.2) is 0 Å². The first-order valence-electron chi connectivity index (χ1n) is 14.3. The fourth-order valence-electron chi connectivity index (χ4n) is 7.20. The van der Waals surface area contributed by atoms with Gasteiger partial charge in [-0.15, -0.1) is 23.2 Å². The summed E-state index contributed by atoms with van der Waals surface area (Å²) in [6.45, 7) is 1.41. The molecule has 4 amide bonds. The Hall–Kier alpha value is -4.46. The van der Waals surface area contributed by atoms with Gasteiger partial charge in [0.2, 0.25) is 23.6 Å². The second kappa shape index (κ2) is 10.3. The first-order chi connectivity index (χ1) is 21.2. The predicted molar refractivity (Wildman–Crippen MR) is 168 cm³/mol. The number of rotatable bonds is 6. The van der Waals surface area contributed by atoms with Crippen molar-refractivity contribution in [2.75, 3.05) is 10.6 Å². The minimum absolute atomic E-state index is 0.0953. The molecular weight excluding hydrogens is 597 g/mol. The summed E-state index contributed by atoms with van der Waals surface area (Å²) in [4.78, 5) is 53.0. The fourth-order valence-corrected chi connectivity index (χ4v) is 8.30. The highest BCUT2D eigenvalue weighted by molar-refractivity contribution is 6.36. The normalized spacial score (nSPS) is 25.1. The van der Waals surface area contributed by atoms with Crippen LogP contribution in [0.5, 0.6) is 0 Å². The molecule has 4 aliphatic rings. The van der Waals surface area contributed by atoms with Gasteiger partial charge < -0.3 is 10.6 Å². The van der Waals surface area contributed by atoms with E-state index in [4.69, 9.17) is 23.2 Å². The molecule has 0 aromatic heterocycles. The maximum Gasteiger partial charge on any atom is 0.248 e. The minimum atomic E-state index is -1.34. The van der Waals surface area contributed by atoms with E-state index in [1.165, 1.54) is 6.92 Å². The van der Waals surface area contributed by atoms with Gasteiger partial charge in [0.05, 0.1) is 11.8 Å². The molecule has 0 unspecified atom stereocenters. The number of carbonyl (C=O) groups is 4. The molecule has 44 heavy (non-hydrogen) atoms. The van der Waals surface area contributed by atoms with Crippen molar-refractivity contribution in [3.63, 3.8) is 0 Å². The van der Waals surface area contributed by atoms with Gasteiger partial charge in [0.25, 0.3) is 0 Å². The van der Waals surface area contributed by atoms with Crippen LogP contribution in [0.15, 0.2) is 103 Å². The van der Waals surface area contributed by atoms with Gasteiger partial charge in [-0.25, -0.2) is 0 Å². The number of anilines is 2. The van der Waals surface area contributed by atoms with Crippen LogP contribution in [0.25, 0.3) is 0 Å². The molecule has 0 spiro atoms. The molecule has 1 fully saturated rings. The third kappa shape index (κ3) is 4.03. The maximum absolute atomic E-state index is 14.6. The van der Waals surface area contributed by atoms with Crippen LogP contribution in [0.1, 0.15) is 34.7 Å². The zero-order valence-electron chi connectivity index (χ0n) is 23.6. The summed E-state index contributed by atoms with van der Waals surface area (Å²) < 4.78 is 0. The lowest BCUT2D eigenvalue weighted by atomic mass is 9.54. The van der Waals surface area contributed by atoms with E-state index >= 15 is 0 Å². The number of hydrogen-bond donors (Lipinski definition) is 2. The monoisotopic (exact) mass is 623 g/mol. The predicted octanol–water partition coefficient (Wildman–Crippen LogP) is 5.79. The molecule has 4 aromatic rings. The first kappa shape index (κ1) is 28.3. The number of halogens is 2. The first-order valence-corrected chi connectivity index (χ1v) is 15.1. The van der Waals surface area contributed by atoms with Crippen LogP contribution >= 0.6 is 23.2 Å². The van der Waals surface area contributed by atoms with Gasteiger partial charge in [-0.1, -0.05) is 78.9 Å². The van der Waals surface area contributed by atoms with Crippen molar-refractivity contribution < 1.29 is 19.2 Å². The topological polar surface area (TPSA) is 95.6 Å². The standard InChI is InChI=1S/C35H27Cl2N3O4/c1-20(41)38-22-15-17-23(18-16-22)39-31(42)28(19-21-9-3-2-4-10-21)40-32(43)29-30(33(40)44)35(37)25-12-6-5-11-24(25)34(29,36)26-13-7-8-14-27(26)35/h2-18,28-30H,19H2,1H3,(H,38,41)(H,39,42)/t28-,29-,30+,34?,35?/m0/s1. The lowest BCUT2D eigenvalue weighted by molar-refractivity contribution is -0.146. The number of carbonyl (C=O) groups excluding carboxylic acids is 4.